The van der Waals surface area contributed by atoms with Gasteiger partial charge in [-0.3, -0.25) is 0 Å². The normalized spacial score (nSPS) is 8.81. The van der Waals surface area contributed by atoms with Gasteiger partial charge in [-0.05, 0) is 37.8 Å². The van der Waals surface area contributed by atoms with E-state index in [1.54, 1.807) is 0 Å². The highest BCUT2D eigenvalue weighted by atomic mass is 14.0. The molecule has 0 atom stereocenters. The number of hydrogen-bond donors (Lipinski definition) is 0. The Labute approximate surface area is 134 Å². The summed E-state index contributed by atoms with van der Waals surface area (Å²) in [4.78, 5) is 0. The Bertz CT molecular complexity index is 369. The fraction of sp³-hybridized carbons (Fsp3) is 0.429. The van der Waals surface area contributed by atoms with E-state index in [0.717, 1.165) is 6.42 Å². The molecule has 1 aromatic carbocycles. The molecule has 0 N–H and O–H groups in total. The van der Waals surface area contributed by atoms with Crippen molar-refractivity contribution in [2.24, 2.45) is 0 Å². The second kappa shape index (κ2) is 20.8. The van der Waals surface area contributed by atoms with Crippen molar-refractivity contribution in [3.05, 3.63) is 66.3 Å². The van der Waals surface area contributed by atoms with Gasteiger partial charge in [-0.1, -0.05) is 89.3 Å². The van der Waals surface area contributed by atoms with E-state index in [0.29, 0.717) is 0 Å². The van der Waals surface area contributed by atoms with Crippen LogP contribution in [0.15, 0.2) is 55.1 Å². The maximum Gasteiger partial charge on any atom is -0.00942 e. The second-order valence-corrected chi connectivity index (χ2v) is 3.88. The number of benzene rings is 1. The zero-order valence-corrected chi connectivity index (χ0v) is 15.4. The molecule has 0 saturated heterocycles. The first kappa shape index (κ1) is 24.5. The van der Waals surface area contributed by atoms with Gasteiger partial charge in [-0.25, -0.2) is 0 Å². The highest BCUT2D eigenvalue weighted by Crippen LogP contribution is 2.10. The molecule has 0 heterocycles. The van der Waals surface area contributed by atoms with Crippen molar-refractivity contribution in [1.82, 2.24) is 0 Å². The molecule has 0 aliphatic rings. The summed E-state index contributed by atoms with van der Waals surface area (Å²) in [5.41, 5.74) is 3.96. The van der Waals surface area contributed by atoms with E-state index in [4.69, 9.17) is 0 Å². The molecule has 0 fully saturated rings. The minimum atomic E-state index is 0.919. The molecule has 0 aliphatic heterocycles. The quantitative estimate of drug-likeness (QED) is 0.504. The van der Waals surface area contributed by atoms with Gasteiger partial charge in [0.15, 0.2) is 0 Å². The first-order chi connectivity index (χ1) is 10.2. The summed E-state index contributed by atoms with van der Waals surface area (Å²) in [5, 5.41) is 0. The van der Waals surface area contributed by atoms with Crippen LogP contribution in [-0.2, 0) is 6.42 Å². The summed E-state index contributed by atoms with van der Waals surface area (Å²) >= 11 is 0. The van der Waals surface area contributed by atoms with Crippen LogP contribution in [0.4, 0.5) is 0 Å². The lowest BCUT2D eigenvalue weighted by atomic mass is 10.1. The Balaban J connectivity index is -0.000000277. The molecule has 0 amide bonds. The highest BCUT2D eigenvalue weighted by Gasteiger charge is 1.93. The minimum Gasteiger partial charge on any atom is -0.103 e. The lowest BCUT2D eigenvalue weighted by molar-refractivity contribution is 1.09. The zero-order valence-electron chi connectivity index (χ0n) is 15.4. The maximum absolute atomic E-state index is 3.74. The number of allylic oxidation sites excluding steroid dienone is 3. The molecule has 1 rings (SSSR count). The van der Waals surface area contributed by atoms with Crippen molar-refractivity contribution >= 4 is 6.08 Å². The number of hydrogen-bond acceptors (Lipinski definition) is 0. The van der Waals surface area contributed by atoms with Crippen LogP contribution < -0.4 is 0 Å². The molecule has 1 aromatic rings. The van der Waals surface area contributed by atoms with Crippen LogP contribution in [0, 0.1) is 0 Å². The van der Waals surface area contributed by atoms with Crippen molar-refractivity contribution in [1.29, 1.82) is 0 Å². The third kappa shape index (κ3) is 14.7. The predicted molar refractivity (Wildman–Crippen MR) is 103 cm³/mol. The molecule has 0 spiro atoms. The zero-order chi connectivity index (χ0) is 17.1. The van der Waals surface area contributed by atoms with E-state index in [-0.39, 0.29) is 0 Å². The van der Waals surface area contributed by atoms with Gasteiger partial charge in [0, 0.05) is 0 Å². The molecule has 120 valence electrons. The summed E-state index contributed by atoms with van der Waals surface area (Å²) in [6.45, 7) is 21.8. The monoisotopic (exact) mass is 288 g/mol. The van der Waals surface area contributed by atoms with Gasteiger partial charge < -0.3 is 0 Å². The Hall–Kier alpha value is -1.56. The average molecular weight is 289 g/mol. The Morgan fingerprint density at radius 2 is 1.57 bits per heavy atom. The van der Waals surface area contributed by atoms with Crippen molar-refractivity contribution < 1.29 is 0 Å². The van der Waals surface area contributed by atoms with E-state index in [9.17, 15) is 0 Å². The Kier molecular flexibility index (Phi) is 24.2. The van der Waals surface area contributed by atoms with Crippen molar-refractivity contribution in [2.45, 2.75) is 61.3 Å². The van der Waals surface area contributed by atoms with Gasteiger partial charge in [-0.15, -0.1) is 6.58 Å². The Morgan fingerprint density at radius 3 is 1.90 bits per heavy atom. The van der Waals surface area contributed by atoms with E-state index in [1.165, 1.54) is 23.1 Å². The van der Waals surface area contributed by atoms with Gasteiger partial charge in [0.05, 0.1) is 0 Å². The minimum absolute atomic E-state index is 0.919. The predicted octanol–water partition coefficient (Wildman–Crippen LogP) is 7.47. The van der Waals surface area contributed by atoms with Crippen LogP contribution in [0.5, 0.6) is 0 Å². The van der Waals surface area contributed by atoms with E-state index >= 15 is 0 Å². The molecule has 0 unspecified atom stereocenters. The average Bonchev–Trinajstić information content (AvgIpc) is 2.59. The molecule has 0 heteroatoms. The van der Waals surface area contributed by atoms with Gasteiger partial charge in [-0.2, -0.15) is 0 Å². The standard InChI is InChI=1S/C11H12.C6H12.2C2H6/c1-3-7-11-9-6-5-8-10(11)4-2;1-4-6(3)5-2;2*1-2/h3-6,8-9H,1-2,7H2;4H,5H2,1-3H3;2*1-2H3/b;6-4+;;. The van der Waals surface area contributed by atoms with E-state index < -0.39 is 0 Å². The number of rotatable bonds is 4. The molecule has 0 aliphatic carbocycles. The lowest BCUT2D eigenvalue weighted by Gasteiger charge is -2.00. The third-order valence-electron chi connectivity index (χ3n) is 2.69. The van der Waals surface area contributed by atoms with Gasteiger partial charge in [0.2, 0.25) is 0 Å². The SMILES string of the molecule is C/C=C(\C)CC.C=CCc1ccccc1C=C.CC.CC. The van der Waals surface area contributed by atoms with Crippen LogP contribution in [-0.4, -0.2) is 0 Å². The maximum atomic E-state index is 3.74. The van der Waals surface area contributed by atoms with Crippen LogP contribution >= 0.6 is 0 Å². The van der Waals surface area contributed by atoms with E-state index in [2.05, 4.69) is 52.1 Å². The second-order valence-electron chi connectivity index (χ2n) is 3.88. The lowest BCUT2D eigenvalue weighted by Crippen LogP contribution is -1.84. The van der Waals surface area contributed by atoms with Crippen LogP contribution in [0.2, 0.25) is 0 Å². The molecule has 0 saturated carbocycles. The summed E-state index contributed by atoms with van der Waals surface area (Å²) in [6, 6.07) is 8.21. The first-order valence-corrected chi connectivity index (χ1v) is 8.12. The third-order valence-corrected chi connectivity index (χ3v) is 2.69. The Morgan fingerprint density at radius 1 is 1.05 bits per heavy atom. The summed E-state index contributed by atoms with van der Waals surface area (Å²) in [7, 11) is 0. The summed E-state index contributed by atoms with van der Waals surface area (Å²) < 4.78 is 0. The first-order valence-electron chi connectivity index (χ1n) is 8.12. The van der Waals surface area contributed by atoms with Crippen molar-refractivity contribution in [3.63, 3.8) is 0 Å². The van der Waals surface area contributed by atoms with Crippen LogP contribution in [0.1, 0.15) is 66.0 Å². The molecule has 0 nitrogen and oxygen atoms in total. The van der Waals surface area contributed by atoms with Crippen molar-refractivity contribution in [3.8, 4) is 0 Å². The fourth-order valence-electron chi connectivity index (χ4n) is 1.28. The smallest absolute Gasteiger partial charge is 0.00942 e. The molecule has 0 aromatic heterocycles. The molecule has 0 bridgehead atoms. The summed E-state index contributed by atoms with van der Waals surface area (Å²) in [6.07, 6.45) is 8.03. The van der Waals surface area contributed by atoms with Crippen LogP contribution in [0.3, 0.4) is 0 Å². The van der Waals surface area contributed by atoms with Crippen molar-refractivity contribution in [2.75, 3.05) is 0 Å². The van der Waals surface area contributed by atoms with E-state index in [1.807, 2.05) is 52.0 Å². The topological polar surface area (TPSA) is 0 Å². The molecule has 0 radical (unpaired) electrons. The van der Waals surface area contributed by atoms with Gasteiger partial charge in [0.25, 0.3) is 0 Å². The highest BCUT2D eigenvalue weighted by molar-refractivity contribution is 5.52. The fourth-order valence-corrected chi connectivity index (χ4v) is 1.28. The van der Waals surface area contributed by atoms with Gasteiger partial charge >= 0.3 is 0 Å². The molecular weight excluding hydrogens is 252 g/mol. The largest absolute Gasteiger partial charge is 0.103 e. The summed E-state index contributed by atoms with van der Waals surface area (Å²) in [5.74, 6) is 0. The molecule has 21 heavy (non-hydrogen) atoms. The molecular formula is C21H36. The van der Waals surface area contributed by atoms with Gasteiger partial charge in [0.1, 0.15) is 0 Å². The van der Waals surface area contributed by atoms with Crippen LogP contribution in [0.25, 0.3) is 6.08 Å².